The predicted octanol–water partition coefficient (Wildman–Crippen LogP) is 8.01. The van der Waals surface area contributed by atoms with Crippen LogP contribution in [0.4, 0.5) is 39.5 Å². The maximum absolute atomic E-state index is 14.5. The molecule has 37 heavy (non-hydrogen) atoms. The van der Waals surface area contributed by atoms with Crippen LogP contribution >= 0.6 is 0 Å². The summed E-state index contributed by atoms with van der Waals surface area (Å²) in [6, 6.07) is 8.00. The lowest BCUT2D eigenvalue weighted by Crippen LogP contribution is -2.25. The van der Waals surface area contributed by atoms with Gasteiger partial charge >= 0.3 is 12.5 Å². The fourth-order valence-electron chi connectivity index (χ4n) is 3.21. The molecule has 0 saturated heterocycles. The van der Waals surface area contributed by atoms with Gasteiger partial charge in [-0.05, 0) is 42.7 Å². The van der Waals surface area contributed by atoms with Crippen molar-refractivity contribution in [2.24, 2.45) is 0 Å². The molecule has 3 aromatic rings. The van der Waals surface area contributed by atoms with Gasteiger partial charge < -0.3 is 9.47 Å². The summed E-state index contributed by atoms with van der Waals surface area (Å²) in [5, 5.41) is 0. The fraction of sp³-hybridized carbons (Fsp3) is 0.231. The van der Waals surface area contributed by atoms with E-state index in [1.165, 1.54) is 0 Å². The van der Waals surface area contributed by atoms with Gasteiger partial charge in [-0.15, -0.1) is 13.2 Å². The van der Waals surface area contributed by atoms with E-state index in [4.69, 9.17) is 0 Å². The van der Waals surface area contributed by atoms with Crippen LogP contribution in [0.15, 0.2) is 48.5 Å². The van der Waals surface area contributed by atoms with Crippen molar-refractivity contribution in [1.29, 1.82) is 0 Å². The van der Waals surface area contributed by atoms with Gasteiger partial charge in [0.1, 0.15) is 22.9 Å². The third-order valence-corrected chi connectivity index (χ3v) is 4.89. The summed E-state index contributed by atoms with van der Waals surface area (Å²) in [7, 11) is 0. The number of aryl methyl sites for hydroxylation is 1. The quantitative estimate of drug-likeness (QED) is 0.227. The molecule has 11 heteroatoms. The maximum Gasteiger partial charge on any atom is 0.573 e. The molecule has 0 unspecified atom stereocenters. The van der Waals surface area contributed by atoms with Crippen molar-refractivity contribution in [1.82, 2.24) is 0 Å². The molecule has 0 saturated carbocycles. The average Bonchev–Trinajstić information content (AvgIpc) is 2.78. The van der Waals surface area contributed by atoms with Gasteiger partial charge in [-0.25, -0.2) is 17.6 Å². The van der Waals surface area contributed by atoms with Crippen molar-refractivity contribution < 1.29 is 49.0 Å². The molecule has 0 atom stereocenters. The highest BCUT2D eigenvalue weighted by atomic mass is 19.4. The van der Waals surface area contributed by atoms with Crippen LogP contribution in [0.2, 0.25) is 0 Å². The first-order valence-corrected chi connectivity index (χ1v) is 10.7. The Bertz CT molecular complexity index is 1270. The topological polar surface area (TPSA) is 18.5 Å². The molecular weight excluding hydrogens is 515 g/mol. The van der Waals surface area contributed by atoms with Gasteiger partial charge in [0.2, 0.25) is 5.75 Å². The third kappa shape index (κ3) is 7.35. The van der Waals surface area contributed by atoms with Crippen LogP contribution < -0.4 is 9.47 Å². The fourth-order valence-corrected chi connectivity index (χ4v) is 3.21. The Balaban J connectivity index is 1.82. The Kier molecular flexibility index (Phi) is 8.31. The number of hydrogen-bond acceptors (Lipinski definition) is 2. The van der Waals surface area contributed by atoms with Gasteiger partial charge in [0.05, 0.1) is 0 Å². The molecule has 0 aromatic heterocycles. The molecule has 3 aromatic carbocycles. The lowest BCUT2D eigenvalue weighted by atomic mass is 10.1. The zero-order chi connectivity index (χ0) is 27.4. The van der Waals surface area contributed by atoms with Gasteiger partial charge in [-0.2, -0.15) is 8.78 Å². The van der Waals surface area contributed by atoms with Crippen molar-refractivity contribution in [2.75, 3.05) is 0 Å². The van der Waals surface area contributed by atoms with Crippen molar-refractivity contribution in [3.05, 3.63) is 94.1 Å². The van der Waals surface area contributed by atoms with Crippen molar-refractivity contribution in [3.63, 3.8) is 0 Å². The van der Waals surface area contributed by atoms with E-state index in [1.54, 1.807) is 12.1 Å². The van der Waals surface area contributed by atoms with E-state index in [9.17, 15) is 39.5 Å². The first-order valence-electron chi connectivity index (χ1n) is 10.7. The lowest BCUT2D eigenvalue weighted by Gasteiger charge is -2.20. The van der Waals surface area contributed by atoms with Gasteiger partial charge in [0.25, 0.3) is 0 Å². The standard InChI is InChI=1S/C26H17F9O2/c1-2-3-4-15-5-7-16(8-6-15)9-10-17-11-19(27)23(20(28)12-17)25(31,32)36-18-13-21(29)24(22(30)14-18)37-26(33,34)35/h5-8,11-14H,2-4H2,1H3. The minimum Gasteiger partial charge on any atom is -0.429 e. The summed E-state index contributed by atoms with van der Waals surface area (Å²) in [4.78, 5) is 0. The van der Waals surface area contributed by atoms with Gasteiger partial charge in [0, 0.05) is 23.3 Å². The molecule has 0 spiro atoms. The summed E-state index contributed by atoms with van der Waals surface area (Å²) in [6.07, 6.45) is -7.37. The number of rotatable bonds is 7. The first kappa shape index (κ1) is 27.8. The monoisotopic (exact) mass is 532 g/mol. The van der Waals surface area contributed by atoms with E-state index in [0.29, 0.717) is 17.7 Å². The number of halogens is 9. The largest absolute Gasteiger partial charge is 0.573 e. The van der Waals surface area contributed by atoms with Gasteiger partial charge in [-0.1, -0.05) is 37.3 Å². The Labute approximate surface area is 205 Å². The van der Waals surface area contributed by atoms with Crippen LogP contribution in [-0.2, 0) is 12.5 Å². The minimum absolute atomic E-state index is 0.0543. The lowest BCUT2D eigenvalue weighted by molar-refractivity contribution is -0.276. The molecule has 0 amide bonds. The Morgan fingerprint density at radius 3 is 1.76 bits per heavy atom. The van der Waals surface area contributed by atoms with Crippen LogP contribution in [0, 0.1) is 35.1 Å². The van der Waals surface area contributed by atoms with Crippen molar-refractivity contribution in [2.45, 2.75) is 38.7 Å². The van der Waals surface area contributed by atoms with Crippen molar-refractivity contribution >= 4 is 0 Å². The molecule has 0 bridgehead atoms. The summed E-state index contributed by atoms with van der Waals surface area (Å²) in [5.41, 5.74) is -0.579. The van der Waals surface area contributed by atoms with Crippen LogP contribution in [0.5, 0.6) is 11.5 Å². The smallest absolute Gasteiger partial charge is 0.429 e. The second-order valence-corrected chi connectivity index (χ2v) is 7.75. The Hall–Kier alpha value is -3.81. The number of ether oxygens (including phenoxy) is 2. The SMILES string of the molecule is CCCCc1ccc(C#Cc2cc(F)c(C(F)(F)Oc3cc(F)c(OC(F)(F)F)c(F)c3)c(F)c2)cc1. The van der Waals surface area contributed by atoms with Gasteiger partial charge in [0.15, 0.2) is 11.6 Å². The van der Waals surface area contributed by atoms with E-state index in [1.807, 2.05) is 12.1 Å². The number of unbranched alkanes of at least 4 members (excludes halogenated alkanes) is 1. The van der Waals surface area contributed by atoms with Gasteiger partial charge in [-0.3, -0.25) is 0 Å². The average molecular weight is 532 g/mol. The van der Waals surface area contributed by atoms with E-state index >= 15 is 0 Å². The molecule has 0 heterocycles. The Morgan fingerprint density at radius 1 is 0.703 bits per heavy atom. The van der Waals surface area contributed by atoms with E-state index in [-0.39, 0.29) is 17.7 Å². The van der Waals surface area contributed by atoms with Crippen LogP contribution in [-0.4, -0.2) is 6.36 Å². The van der Waals surface area contributed by atoms with E-state index < -0.39 is 52.8 Å². The number of alkyl halides is 5. The normalized spacial score (nSPS) is 11.6. The van der Waals surface area contributed by atoms with Crippen LogP contribution in [0.25, 0.3) is 0 Å². The molecule has 2 nitrogen and oxygen atoms in total. The molecule has 0 aliphatic carbocycles. The first-order chi connectivity index (χ1) is 17.3. The van der Waals surface area contributed by atoms with E-state index in [2.05, 4.69) is 28.2 Å². The molecule has 196 valence electrons. The highest BCUT2D eigenvalue weighted by Crippen LogP contribution is 2.38. The third-order valence-electron chi connectivity index (χ3n) is 4.89. The zero-order valence-electron chi connectivity index (χ0n) is 19.0. The highest BCUT2D eigenvalue weighted by Gasteiger charge is 2.42. The molecule has 0 fully saturated rings. The summed E-state index contributed by atoms with van der Waals surface area (Å²) < 4.78 is 129. The highest BCUT2D eigenvalue weighted by molar-refractivity contribution is 5.45. The summed E-state index contributed by atoms with van der Waals surface area (Å²) >= 11 is 0. The number of hydrogen-bond donors (Lipinski definition) is 0. The maximum atomic E-state index is 14.5. The molecule has 0 radical (unpaired) electrons. The summed E-state index contributed by atoms with van der Waals surface area (Å²) in [5.74, 6) is -5.78. The molecular formula is C26H17F9O2. The molecule has 0 aliphatic heterocycles. The van der Waals surface area contributed by atoms with Crippen LogP contribution in [0.1, 0.15) is 42.0 Å². The van der Waals surface area contributed by atoms with Crippen molar-refractivity contribution in [3.8, 4) is 23.3 Å². The predicted molar refractivity (Wildman–Crippen MR) is 115 cm³/mol. The molecule has 0 aliphatic rings. The van der Waals surface area contributed by atoms with Crippen LogP contribution in [0.3, 0.4) is 0 Å². The molecule has 3 rings (SSSR count). The van der Waals surface area contributed by atoms with E-state index in [0.717, 1.165) is 24.8 Å². The second kappa shape index (κ2) is 11.1. The Morgan fingerprint density at radius 2 is 1.24 bits per heavy atom. The second-order valence-electron chi connectivity index (χ2n) is 7.75. The summed E-state index contributed by atoms with van der Waals surface area (Å²) in [6.45, 7) is 2.05. The molecule has 0 N–H and O–H groups in total. The zero-order valence-corrected chi connectivity index (χ0v) is 19.0. The minimum atomic E-state index is -5.47. The number of benzene rings is 3.